The second-order valence-corrected chi connectivity index (χ2v) is 6.91. The zero-order valence-electron chi connectivity index (χ0n) is 15.6. The lowest BCUT2D eigenvalue weighted by atomic mass is 10.1. The summed E-state index contributed by atoms with van der Waals surface area (Å²) in [4.78, 5) is 14.8. The van der Waals surface area contributed by atoms with E-state index in [0.29, 0.717) is 23.7 Å². The number of phenolic OH excluding ortho intramolecular Hbond substituents is 1. The fourth-order valence-electron chi connectivity index (χ4n) is 3.55. The molecule has 28 heavy (non-hydrogen) atoms. The van der Waals surface area contributed by atoms with Gasteiger partial charge in [-0.1, -0.05) is 36.8 Å². The van der Waals surface area contributed by atoms with Gasteiger partial charge in [-0.25, -0.2) is 0 Å². The minimum absolute atomic E-state index is 0. The van der Waals surface area contributed by atoms with Crippen molar-refractivity contribution < 1.29 is 14.3 Å². The average Bonchev–Trinajstić information content (AvgIpc) is 2.69. The lowest BCUT2D eigenvalue weighted by Crippen LogP contribution is -2.33. The van der Waals surface area contributed by atoms with E-state index in [-0.39, 0.29) is 29.0 Å². The highest BCUT2D eigenvalue weighted by molar-refractivity contribution is 5.86. The van der Waals surface area contributed by atoms with Gasteiger partial charge in [-0.15, -0.1) is 12.4 Å². The first-order valence-corrected chi connectivity index (χ1v) is 9.42. The van der Waals surface area contributed by atoms with Crippen molar-refractivity contribution in [3.8, 4) is 22.8 Å². The Hall–Kier alpha value is -2.50. The first-order valence-electron chi connectivity index (χ1n) is 9.42. The smallest absolute Gasteiger partial charge is 0.197 e. The average molecular weight is 402 g/mol. The molecule has 1 N–H and O–H groups in total. The normalized spacial score (nSPS) is 14.6. The molecule has 1 fully saturated rings. The van der Waals surface area contributed by atoms with Crippen LogP contribution < -0.4 is 10.2 Å². The van der Waals surface area contributed by atoms with Gasteiger partial charge < -0.3 is 14.3 Å². The van der Waals surface area contributed by atoms with Crippen molar-refractivity contribution in [2.45, 2.75) is 19.3 Å². The fourth-order valence-corrected chi connectivity index (χ4v) is 3.55. The summed E-state index contributed by atoms with van der Waals surface area (Å²) in [5.74, 6) is 0.858. The molecule has 1 aliphatic rings. The molecule has 1 aromatic heterocycles. The molecule has 4 rings (SSSR count). The molecule has 2 heterocycles. The Morgan fingerprint density at radius 2 is 1.79 bits per heavy atom. The van der Waals surface area contributed by atoms with Crippen LogP contribution in [0.1, 0.15) is 19.3 Å². The Morgan fingerprint density at radius 3 is 2.54 bits per heavy atom. The lowest BCUT2D eigenvalue weighted by Gasteiger charge is -2.26. The van der Waals surface area contributed by atoms with Crippen molar-refractivity contribution in [3.05, 3.63) is 58.8 Å². The number of nitrogens with zero attached hydrogens (tertiary/aromatic N) is 1. The molecule has 0 amide bonds. The maximum atomic E-state index is 12.5. The number of halogens is 1. The van der Waals surface area contributed by atoms with Crippen molar-refractivity contribution in [2.24, 2.45) is 0 Å². The van der Waals surface area contributed by atoms with Crippen molar-refractivity contribution in [2.75, 3.05) is 26.2 Å². The van der Waals surface area contributed by atoms with Crippen molar-refractivity contribution in [1.29, 1.82) is 0 Å². The molecule has 0 unspecified atom stereocenters. The summed E-state index contributed by atoms with van der Waals surface area (Å²) < 4.78 is 11.7. The second-order valence-electron chi connectivity index (χ2n) is 6.91. The van der Waals surface area contributed by atoms with E-state index in [1.54, 1.807) is 6.07 Å². The minimum Gasteiger partial charge on any atom is -0.507 e. The third-order valence-electron chi connectivity index (χ3n) is 4.97. The van der Waals surface area contributed by atoms with E-state index < -0.39 is 0 Å². The molecule has 2 aromatic carbocycles. The van der Waals surface area contributed by atoms with Gasteiger partial charge >= 0.3 is 0 Å². The van der Waals surface area contributed by atoms with Crippen LogP contribution in [0.4, 0.5) is 0 Å². The van der Waals surface area contributed by atoms with Crippen LogP contribution in [0.2, 0.25) is 0 Å². The molecule has 0 bridgehead atoms. The summed E-state index contributed by atoms with van der Waals surface area (Å²) in [6, 6.07) is 14.0. The molecular formula is C22H24ClNO4. The molecule has 6 heteroatoms. The van der Waals surface area contributed by atoms with Gasteiger partial charge in [-0.05, 0) is 25.9 Å². The van der Waals surface area contributed by atoms with E-state index >= 15 is 0 Å². The third kappa shape index (κ3) is 4.49. The van der Waals surface area contributed by atoms with E-state index in [1.165, 1.54) is 31.4 Å². The molecule has 0 saturated carbocycles. The summed E-state index contributed by atoms with van der Waals surface area (Å²) in [5.41, 5.74) is 0.870. The zero-order valence-corrected chi connectivity index (χ0v) is 16.4. The fraction of sp³-hybridized carbons (Fsp3) is 0.318. The van der Waals surface area contributed by atoms with Crippen LogP contribution in [0.15, 0.2) is 57.7 Å². The van der Waals surface area contributed by atoms with Gasteiger partial charge in [0.15, 0.2) is 5.43 Å². The molecule has 1 aliphatic heterocycles. The number of fused-ring (bicyclic) bond motifs is 1. The Kier molecular flexibility index (Phi) is 6.60. The van der Waals surface area contributed by atoms with Gasteiger partial charge in [0.1, 0.15) is 34.8 Å². The minimum atomic E-state index is -0.271. The van der Waals surface area contributed by atoms with Crippen LogP contribution in [0.5, 0.6) is 11.5 Å². The molecule has 148 valence electrons. The Morgan fingerprint density at radius 1 is 1.04 bits per heavy atom. The van der Waals surface area contributed by atoms with E-state index in [4.69, 9.17) is 9.15 Å². The van der Waals surface area contributed by atoms with Crippen LogP contribution >= 0.6 is 12.4 Å². The van der Waals surface area contributed by atoms with Crippen molar-refractivity contribution in [3.63, 3.8) is 0 Å². The molecular weight excluding hydrogens is 378 g/mol. The summed E-state index contributed by atoms with van der Waals surface area (Å²) in [6.45, 7) is 3.61. The highest BCUT2D eigenvalue weighted by Crippen LogP contribution is 2.31. The SMILES string of the molecule is Cl.O=c1cc(-c2ccccc2)oc2cc(OCCN3CCCCC3)cc(O)c12. The third-order valence-corrected chi connectivity index (χ3v) is 4.97. The Labute approximate surface area is 170 Å². The second kappa shape index (κ2) is 9.13. The number of phenols is 1. The number of rotatable bonds is 5. The number of hydrogen-bond donors (Lipinski definition) is 1. The number of hydrogen-bond acceptors (Lipinski definition) is 5. The standard InChI is InChI=1S/C22H23NO4.ClH/c24-18-13-17(26-12-11-23-9-5-2-6-10-23)14-21-22(18)19(25)15-20(27-21)16-7-3-1-4-8-16;/h1,3-4,7-8,13-15,24H,2,5-6,9-12H2;1H. The van der Waals surface area contributed by atoms with Crippen LogP contribution in [-0.2, 0) is 0 Å². The van der Waals surface area contributed by atoms with Gasteiger partial charge in [-0.2, -0.15) is 0 Å². The molecule has 3 aromatic rings. The van der Waals surface area contributed by atoms with Gasteiger partial charge in [-0.3, -0.25) is 9.69 Å². The molecule has 0 radical (unpaired) electrons. The van der Waals surface area contributed by atoms with Crippen LogP contribution in [0.25, 0.3) is 22.3 Å². The van der Waals surface area contributed by atoms with E-state index in [0.717, 1.165) is 25.2 Å². The van der Waals surface area contributed by atoms with Gasteiger partial charge in [0, 0.05) is 30.3 Å². The lowest BCUT2D eigenvalue weighted by molar-refractivity contribution is 0.183. The molecule has 5 nitrogen and oxygen atoms in total. The highest BCUT2D eigenvalue weighted by Gasteiger charge is 2.14. The Bertz CT molecular complexity index is 981. The number of benzene rings is 2. The highest BCUT2D eigenvalue weighted by atomic mass is 35.5. The number of aromatic hydroxyl groups is 1. The molecule has 0 aliphatic carbocycles. The van der Waals surface area contributed by atoms with Crippen molar-refractivity contribution >= 4 is 23.4 Å². The van der Waals surface area contributed by atoms with Crippen LogP contribution in [-0.4, -0.2) is 36.2 Å². The first-order chi connectivity index (χ1) is 13.2. The van der Waals surface area contributed by atoms with Gasteiger partial charge in [0.2, 0.25) is 0 Å². The topological polar surface area (TPSA) is 62.9 Å². The predicted octanol–water partition coefficient (Wildman–Crippen LogP) is 4.45. The van der Waals surface area contributed by atoms with E-state index in [2.05, 4.69) is 4.90 Å². The van der Waals surface area contributed by atoms with E-state index in [1.807, 2.05) is 30.3 Å². The predicted molar refractivity (Wildman–Crippen MR) is 113 cm³/mol. The van der Waals surface area contributed by atoms with Gasteiger partial charge in [0.05, 0.1) is 0 Å². The number of likely N-dealkylation sites (tertiary alicyclic amines) is 1. The zero-order chi connectivity index (χ0) is 18.6. The number of piperidine rings is 1. The largest absolute Gasteiger partial charge is 0.507 e. The van der Waals surface area contributed by atoms with Crippen molar-refractivity contribution in [1.82, 2.24) is 4.90 Å². The number of ether oxygens (including phenoxy) is 1. The summed E-state index contributed by atoms with van der Waals surface area (Å²) in [5, 5.41) is 10.5. The maximum Gasteiger partial charge on any atom is 0.197 e. The first kappa shape index (κ1) is 20.2. The Balaban J connectivity index is 0.00000225. The van der Waals surface area contributed by atoms with Crippen LogP contribution in [0.3, 0.4) is 0 Å². The molecule has 0 atom stereocenters. The summed E-state index contributed by atoms with van der Waals surface area (Å²) in [7, 11) is 0. The van der Waals surface area contributed by atoms with Crippen LogP contribution in [0, 0.1) is 0 Å². The van der Waals surface area contributed by atoms with Gasteiger partial charge in [0.25, 0.3) is 0 Å². The maximum absolute atomic E-state index is 12.5. The van der Waals surface area contributed by atoms with E-state index in [9.17, 15) is 9.90 Å². The molecule has 1 saturated heterocycles. The quantitative estimate of drug-likeness (QED) is 0.684. The monoisotopic (exact) mass is 401 g/mol. The summed E-state index contributed by atoms with van der Waals surface area (Å²) >= 11 is 0. The molecule has 0 spiro atoms. The summed E-state index contributed by atoms with van der Waals surface area (Å²) in [6.07, 6.45) is 3.78.